The molecule has 9 heteroatoms. The normalized spacial score (nSPS) is 14.7. The number of nitrogens with one attached hydrogen (secondary N) is 1. The summed E-state index contributed by atoms with van der Waals surface area (Å²) in [5.41, 5.74) is 4.02. The summed E-state index contributed by atoms with van der Waals surface area (Å²) in [4.78, 5) is 18.8. The van der Waals surface area contributed by atoms with Crippen LogP contribution in [-0.2, 0) is 15.9 Å². The molecule has 1 unspecified atom stereocenters. The van der Waals surface area contributed by atoms with E-state index in [1.807, 2.05) is 42.5 Å². The molecule has 0 aliphatic carbocycles. The highest BCUT2D eigenvalue weighted by Crippen LogP contribution is 2.40. The van der Waals surface area contributed by atoms with E-state index in [4.69, 9.17) is 35.3 Å². The summed E-state index contributed by atoms with van der Waals surface area (Å²) in [5, 5.41) is 1.74. The van der Waals surface area contributed by atoms with Crippen LogP contribution in [0.25, 0.3) is 10.9 Å². The molecular formula is C30H31ClN2O6. The molecule has 1 aliphatic rings. The molecular weight excluding hydrogens is 520 g/mol. The van der Waals surface area contributed by atoms with Crippen molar-refractivity contribution in [1.82, 2.24) is 9.88 Å². The molecule has 0 bridgehead atoms. The molecule has 1 amide bonds. The summed E-state index contributed by atoms with van der Waals surface area (Å²) in [6, 6.07) is 20.2. The van der Waals surface area contributed by atoms with Gasteiger partial charge in [-0.15, -0.1) is 0 Å². The first kappa shape index (κ1) is 26.9. The quantitative estimate of drug-likeness (QED) is 0.243. The van der Waals surface area contributed by atoms with Gasteiger partial charge in [0.2, 0.25) is 0 Å². The van der Waals surface area contributed by atoms with Crippen LogP contribution in [0.2, 0.25) is 5.02 Å². The molecule has 0 saturated carbocycles. The minimum absolute atomic E-state index is 0.378. The molecule has 0 spiro atoms. The number of H-pyrrole nitrogens is 1. The fourth-order valence-electron chi connectivity index (χ4n) is 4.82. The zero-order valence-electron chi connectivity index (χ0n) is 21.9. The molecule has 0 fully saturated rings. The molecule has 39 heavy (non-hydrogen) atoms. The predicted molar refractivity (Wildman–Crippen MR) is 149 cm³/mol. The van der Waals surface area contributed by atoms with Crippen molar-refractivity contribution in [3.8, 4) is 17.2 Å². The fraction of sp³-hybridized carbons (Fsp3) is 0.300. The van der Waals surface area contributed by atoms with Crippen molar-refractivity contribution in [3.63, 3.8) is 0 Å². The van der Waals surface area contributed by atoms with Gasteiger partial charge < -0.3 is 28.7 Å². The van der Waals surface area contributed by atoms with Gasteiger partial charge in [-0.25, -0.2) is 4.79 Å². The lowest BCUT2D eigenvalue weighted by Gasteiger charge is -2.35. The highest BCUT2D eigenvalue weighted by molar-refractivity contribution is 6.31. The Morgan fingerprint density at radius 2 is 1.64 bits per heavy atom. The van der Waals surface area contributed by atoms with Crippen LogP contribution in [0.3, 0.4) is 0 Å². The molecule has 0 radical (unpaired) electrons. The van der Waals surface area contributed by atoms with Crippen molar-refractivity contribution in [1.29, 1.82) is 0 Å². The Bertz CT molecular complexity index is 1400. The van der Waals surface area contributed by atoms with Gasteiger partial charge in [0.05, 0.1) is 26.9 Å². The molecule has 4 aromatic rings. The highest BCUT2D eigenvalue weighted by Gasteiger charge is 2.35. The molecule has 3 aromatic carbocycles. The molecule has 0 saturated heterocycles. The Hall–Kier alpha value is -3.72. The van der Waals surface area contributed by atoms with Crippen LogP contribution in [0.4, 0.5) is 4.79 Å². The summed E-state index contributed by atoms with van der Waals surface area (Å²) >= 11 is 6.32. The second-order valence-corrected chi connectivity index (χ2v) is 9.56. The Morgan fingerprint density at radius 1 is 0.923 bits per heavy atom. The first-order valence-corrected chi connectivity index (χ1v) is 13.2. The van der Waals surface area contributed by atoms with Gasteiger partial charge in [0.15, 0.2) is 0 Å². The van der Waals surface area contributed by atoms with Crippen molar-refractivity contribution in [2.24, 2.45) is 0 Å². The van der Waals surface area contributed by atoms with Gasteiger partial charge in [-0.3, -0.25) is 4.90 Å². The first-order valence-electron chi connectivity index (χ1n) is 12.8. The number of aromatic amines is 1. The van der Waals surface area contributed by atoms with Crippen LogP contribution < -0.4 is 14.2 Å². The third-order valence-electron chi connectivity index (χ3n) is 6.71. The Kier molecular flexibility index (Phi) is 8.56. The maximum absolute atomic E-state index is 13.5. The van der Waals surface area contributed by atoms with Crippen LogP contribution in [0.1, 0.15) is 22.9 Å². The van der Waals surface area contributed by atoms with Crippen molar-refractivity contribution in [2.75, 3.05) is 47.2 Å². The van der Waals surface area contributed by atoms with Crippen LogP contribution >= 0.6 is 11.6 Å². The predicted octanol–water partition coefficient (Wildman–Crippen LogP) is 6.02. The number of carbonyl (C=O) groups is 1. The van der Waals surface area contributed by atoms with Gasteiger partial charge in [-0.05, 0) is 72.1 Å². The number of hydrogen-bond donors (Lipinski definition) is 1. The van der Waals surface area contributed by atoms with E-state index in [1.54, 1.807) is 43.4 Å². The molecule has 8 nitrogen and oxygen atoms in total. The number of ether oxygens (including phenoxy) is 5. The number of aromatic nitrogens is 1. The van der Waals surface area contributed by atoms with E-state index < -0.39 is 6.09 Å². The van der Waals surface area contributed by atoms with E-state index in [9.17, 15) is 4.79 Å². The van der Waals surface area contributed by atoms with Crippen molar-refractivity contribution >= 4 is 28.6 Å². The largest absolute Gasteiger partial charge is 0.497 e. The summed E-state index contributed by atoms with van der Waals surface area (Å²) in [7, 11) is 3.24. The third kappa shape index (κ3) is 6.14. The van der Waals surface area contributed by atoms with Gasteiger partial charge >= 0.3 is 6.09 Å². The zero-order valence-corrected chi connectivity index (χ0v) is 22.7. The van der Waals surface area contributed by atoms with Crippen LogP contribution in [0.15, 0.2) is 66.7 Å². The van der Waals surface area contributed by atoms with Crippen molar-refractivity contribution < 1.29 is 28.5 Å². The average molecular weight is 551 g/mol. The average Bonchev–Trinajstić information content (AvgIpc) is 3.33. The molecule has 1 aliphatic heterocycles. The maximum Gasteiger partial charge on any atom is 0.416 e. The monoisotopic (exact) mass is 550 g/mol. The number of carbonyl (C=O) groups excluding carboxylic acids is 1. The van der Waals surface area contributed by atoms with Gasteiger partial charge in [0, 0.05) is 35.3 Å². The second kappa shape index (κ2) is 12.4. The van der Waals surface area contributed by atoms with Crippen molar-refractivity contribution in [2.45, 2.75) is 12.5 Å². The zero-order chi connectivity index (χ0) is 27.2. The van der Waals surface area contributed by atoms with E-state index >= 15 is 0 Å². The molecule has 5 rings (SSSR count). The topological polar surface area (TPSA) is 82.3 Å². The highest BCUT2D eigenvalue weighted by atomic mass is 35.5. The number of hydrogen-bond acceptors (Lipinski definition) is 6. The molecule has 1 aromatic heterocycles. The Labute approximate surface area is 232 Å². The number of fused-ring (bicyclic) bond motifs is 3. The molecule has 204 valence electrons. The lowest BCUT2D eigenvalue weighted by atomic mass is 9.92. The second-order valence-electron chi connectivity index (χ2n) is 9.12. The van der Waals surface area contributed by atoms with E-state index in [0.717, 1.165) is 33.5 Å². The number of amides is 1. The summed E-state index contributed by atoms with van der Waals surface area (Å²) < 4.78 is 27.3. The minimum Gasteiger partial charge on any atom is -0.497 e. The minimum atomic E-state index is -0.430. The number of nitrogens with zero attached hydrogens (tertiary/aromatic N) is 1. The van der Waals surface area contributed by atoms with Crippen LogP contribution in [0, 0.1) is 0 Å². The van der Waals surface area contributed by atoms with Gasteiger partial charge in [0.1, 0.15) is 29.9 Å². The summed E-state index contributed by atoms with van der Waals surface area (Å²) in [6.45, 7) is 2.47. The lowest BCUT2D eigenvalue weighted by Crippen LogP contribution is -2.42. The lowest BCUT2D eigenvalue weighted by molar-refractivity contribution is 0.0544. The van der Waals surface area contributed by atoms with Crippen LogP contribution in [-0.4, -0.2) is 63.2 Å². The Morgan fingerprint density at radius 3 is 2.38 bits per heavy atom. The van der Waals surface area contributed by atoms with Crippen LogP contribution in [0.5, 0.6) is 17.2 Å². The summed E-state index contributed by atoms with van der Waals surface area (Å²) in [6.07, 6.45) is 0.245. The number of halogens is 1. The van der Waals surface area contributed by atoms with Gasteiger partial charge in [-0.2, -0.15) is 0 Å². The maximum atomic E-state index is 13.5. The van der Waals surface area contributed by atoms with E-state index in [0.29, 0.717) is 55.9 Å². The fourth-order valence-corrected chi connectivity index (χ4v) is 4.99. The molecule has 1 atom stereocenters. The SMILES string of the molecule is COCCOCCOc1ccc(C2c3[nH]c4ccc(Cl)cc4c3CCN2C(=O)Oc2ccc(OC)cc2)cc1. The van der Waals surface area contributed by atoms with Gasteiger partial charge in [-0.1, -0.05) is 23.7 Å². The Balaban J connectivity index is 1.40. The van der Waals surface area contributed by atoms with E-state index in [1.165, 1.54) is 0 Å². The van der Waals surface area contributed by atoms with Crippen molar-refractivity contribution in [3.05, 3.63) is 88.6 Å². The number of benzene rings is 3. The molecule has 2 heterocycles. The third-order valence-corrected chi connectivity index (χ3v) is 6.95. The summed E-state index contributed by atoms with van der Waals surface area (Å²) in [5.74, 6) is 1.86. The van der Waals surface area contributed by atoms with E-state index in [-0.39, 0.29) is 6.04 Å². The molecule has 1 N–H and O–H groups in total. The standard InChI is InChI=1S/C30H31ClN2O6/c1-35-15-16-37-17-18-38-23-6-3-20(4-7-23)29-28-25(26-19-21(31)5-12-27(26)32-28)13-14-33(29)30(34)39-24-10-8-22(36-2)9-11-24/h3-12,19,29,32H,13-18H2,1-2H3. The van der Waals surface area contributed by atoms with E-state index in [2.05, 4.69) is 4.98 Å². The van der Waals surface area contributed by atoms with Gasteiger partial charge in [0.25, 0.3) is 0 Å². The smallest absolute Gasteiger partial charge is 0.416 e. The first-order chi connectivity index (χ1) is 19.1. The number of methoxy groups -OCH3 is 2. The number of rotatable bonds is 10.